The van der Waals surface area contributed by atoms with Gasteiger partial charge >= 0.3 is 0 Å². The summed E-state index contributed by atoms with van der Waals surface area (Å²) < 4.78 is 11.2. The van der Waals surface area contributed by atoms with E-state index >= 15 is 0 Å². The lowest BCUT2D eigenvalue weighted by atomic mass is 10.1. The Labute approximate surface area is 167 Å². The van der Waals surface area contributed by atoms with Crippen molar-refractivity contribution in [3.05, 3.63) is 48.0 Å². The van der Waals surface area contributed by atoms with E-state index in [9.17, 15) is 4.79 Å². The summed E-state index contributed by atoms with van der Waals surface area (Å²) in [5, 5.41) is 2.94. The van der Waals surface area contributed by atoms with Crippen LogP contribution >= 0.6 is 0 Å². The van der Waals surface area contributed by atoms with Gasteiger partial charge in [-0.05, 0) is 56.8 Å². The predicted octanol–water partition coefficient (Wildman–Crippen LogP) is 3.16. The van der Waals surface area contributed by atoms with E-state index in [1.54, 1.807) is 6.07 Å². The van der Waals surface area contributed by atoms with E-state index in [1.807, 2.05) is 38.1 Å². The monoisotopic (exact) mass is 383 g/mol. The Morgan fingerprint density at radius 1 is 1.04 bits per heavy atom. The number of ether oxygens (including phenoxy) is 2. The number of likely N-dealkylation sites (N-methyl/N-ethyl adjacent to an activating group) is 1. The lowest BCUT2D eigenvalue weighted by Crippen LogP contribution is -2.44. The van der Waals surface area contributed by atoms with E-state index in [2.05, 4.69) is 34.3 Å². The number of piperazine rings is 1. The van der Waals surface area contributed by atoms with E-state index < -0.39 is 0 Å². The van der Waals surface area contributed by atoms with Crippen LogP contribution in [0.25, 0.3) is 0 Å². The molecule has 3 rings (SSSR count). The van der Waals surface area contributed by atoms with Gasteiger partial charge in [-0.2, -0.15) is 0 Å². The first kappa shape index (κ1) is 20.0. The average molecular weight is 383 g/mol. The van der Waals surface area contributed by atoms with Crippen LogP contribution in [-0.2, 0) is 4.79 Å². The first-order valence-electron chi connectivity index (χ1n) is 9.75. The number of benzene rings is 2. The fourth-order valence-corrected chi connectivity index (χ4v) is 3.22. The molecule has 2 aromatic rings. The van der Waals surface area contributed by atoms with Crippen LogP contribution in [0.5, 0.6) is 11.5 Å². The topological polar surface area (TPSA) is 54.0 Å². The van der Waals surface area contributed by atoms with Crippen molar-refractivity contribution in [1.29, 1.82) is 0 Å². The molecule has 1 saturated heterocycles. The molecule has 0 aromatic heterocycles. The predicted molar refractivity (Wildman–Crippen MR) is 113 cm³/mol. The van der Waals surface area contributed by atoms with Crippen molar-refractivity contribution in [2.75, 3.05) is 56.7 Å². The van der Waals surface area contributed by atoms with Crippen LogP contribution in [0.4, 0.5) is 11.4 Å². The minimum absolute atomic E-state index is 0.0657. The van der Waals surface area contributed by atoms with Crippen molar-refractivity contribution < 1.29 is 14.3 Å². The third-order valence-electron chi connectivity index (χ3n) is 4.86. The Balaban J connectivity index is 1.57. The van der Waals surface area contributed by atoms with Gasteiger partial charge in [0.25, 0.3) is 5.91 Å². The Kier molecular flexibility index (Phi) is 6.76. The number of anilines is 2. The van der Waals surface area contributed by atoms with Gasteiger partial charge in [0, 0.05) is 37.6 Å². The fourth-order valence-electron chi connectivity index (χ4n) is 3.22. The van der Waals surface area contributed by atoms with Crippen LogP contribution in [-0.4, -0.2) is 57.2 Å². The molecule has 150 valence electrons. The maximum absolute atomic E-state index is 12.3. The quantitative estimate of drug-likeness (QED) is 0.796. The molecular formula is C22H29N3O3. The number of hydrogen-bond acceptors (Lipinski definition) is 5. The molecule has 1 amide bonds. The molecule has 0 spiro atoms. The molecule has 0 atom stereocenters. The molecular weight excluding hydrogens is 354 g/mol. The molecule has 0 unspecified atom stereocenters. The van der Waals surface area contributed by atoms with E-state index in [1.165, 1.54) is 5.69 Å². The normalized spacial score (nSPS) is 14.6. The molecule has 1 heterocycles. The van der Waals surface area contributed by atoms with E-state index in [4.69, 9.17) is 9.47 Å². The minimum atomic E-state index is -0.193. The van der Waals surface area contributed by atoms with E-state index in [0.29, 0.717) is 18.1 Å². The highest BCUT2D eigenvalue weighted by atomic mass is 16.5. The SMILES string of the molecule is CCOc1ccccc1OCC(=O)Nc1ccc(N2CCN(C)CC2)cc1C. The molecule has 1 aliphatic heterocycles. The van der Waals surface area contributed by atoms with Gasteiger partial charge < -0.3 is 24.6 Å². The molecule has 6 heteroatoms. The maximum atomic E-state index is 12.3. The van der Waals surface area contributed by atoms with Crippen LogP contribution < -0.4 is 19.7 Å². The number of para-hydroxylation sites is 2. The number of nitrogens with zero attached hydrogens (tertiary/aromatic N) is 2. The zero-order chi connectivity index (χ0) is 19.9. The second-order valence-corrected chi connectivity index (χ2v) is 7.01. The maximum Gasteiger partial charge on any atom is 0.262 e. The molecule has 28 heavy (non-hydrogen) atoms. The first-order chi connectivity index (χ1) is 13.6. The lowest BCUT2D eigenvalue weighted by Gasteiger charge is -2.34. The zero-order valence-corrected chi connectivity index (χ0v) is 16.9. The number of hydrogen-bond donors (Lipinski definition) is 1. The number of aryl methyl sites for hydroxylation is 1. The summed E-state index contributed by atoms with van der Waals surface area (Å²) in [6.45, 7) is 8.59. The summed E-state index contributed by atoms with van der Waals surface area (Å²) in [4.78, 5) is 17.1. The fraction of sp³-hybridized carbons (Fsp3) is 0.409. The van der Waals surface area contributed by atoms with Gasteiger partial charge in [0.05, 0.1) is 6.61 Å². The first-order valence-corrected chi connectivity index (χ1v) is 9.75. The summed E-state index contributed by atoms with van der Waals surface area (Å²) in [6.07, 6.45) is 0. The molecule has 0 aliphatic carbocycles. The Bertz CT molecular complexity index is 801. The van der Waals surface area contributed by atoms with Gasteiger partial charge in [0.15, 0.2) is 18.1 Å². The smallest absolute Gasteiger partial charge is 0.262 e. The van der Waals surface area contributed by atoms with E-state index in [-0.39, 0.29) is 12.5 Å². The third kappa shape index (κ3) is 5.16. The molecule has 1 aliphatic rings. The van der Waals surface area contributed by atoms with Gasteiger partial charge in [-0.1, -0.05) is 12.1 Å². The van der Waals surface area contributed by atoms with Gasteiger partial charge in [-0.15, -0.1) is 0 Å². The van der Waals surface area contributed by atoms with Crippen LogP contribution in [0.15, 0.2) is 42.5 Å². The Hall–Kier alpha value is -2.73. The van der Waals surface area contributed by atoms with Crippen LogP contribution in [0.3, 0.4) is 0 Å². The van der Waals surface area contributed by atoms with Crippen LogP contribution in [0.2, 0.25) is 0 Å². The number of amides is 1. The molecule has 0 saturated carbocycles. The summed E-state index contributed by atoms with van der Waals surface area (Å²) in [7, 11) is 2.15. The van der Waals surface area contributed by atoms with Crippen LogP contribution in [0.1, 0.15) is 12.5 Å². The van der Waals surface area contributed by atoms with Crippen molar-refractivity contribution in [2.24, 2.45) is 0 Å². The standard InChI is InChI=1S/C22H29N3O3/c1-4-27-20-7-5-6-8-21(20)28-16-22(26)23-19-10-9-18(15-17(19)2)25-13-11-24(3)12-14-25/h5-10,15H,4,11-14,16H2,1-3H3,(H,23,26). The van der Waals surface area contributed by atoms with Gasteiger partial charge in [0.2, 0.25) is 0 Å². The zero-order valence-electron chi connectivity index (χ0n) is 16.9. The number of rotatable bonds is 7. The summed E-state index contributed by atoms with van der Waals surface area (Å²) in [5.41, 5.74) is 3.05. The van der Waals surface area contributed by atoms with Gasteiger partial charge in [-0.3, -0.25) is 4.79 Å². The molecule has 0 bridgehead atoms. The third-order valence-corrected chi connectivity index (χ3v) is 4.86. The largest absolute Gasteiger partial charge is 0.490 e. The lowest BCUT2D eigenvalue weighted by molar-refractivity contribution is -0.118. The van der Waals surface area contributed by atoms with Crippen molar-refractivity contribution in [2.45, 2.75) is 13.8 Å². The molecule has 1 fully saturated rings. The molecule has 1 N–H and O–H groups in total. The molecule has 2 aromatic carbocycles. The highest BCUT2D eigenvalue weighted by Gasteiger charge is 2.15. The number of carbonyl (C=O) groups is 1. The minimum Gasteiger partial charge on any atom is -0.490 e. The molecule has 0 radical (unpaired) electrons. The molecule has 6 nitrogen and oxygen atoms in total. The number of nitrogens with one attached hydrogen (secondary N) is 1. The van der Waals surface area contributed by atoms with Crippen molar-refractivity contribution in [1.82, 2.24) is 4.90 Å². The Morgan fingerprint density at radius 3 is 2.36 bits per heavy atom. The van der Waals surface area contributed by atoms with Crippen molar-refractivity contribution in [3.8, 4) is 11.5 Å². The number of carbonyl (C=O) groups excluding carboxylic acids is 1. The second-order valence-electron chi connectivity index (χ2n) is 7.01. The summed E-state index contributed by atoms with van der Waals surface area (Å²) in [6, 6.07) is 13.5. The van der Waals surface area contributed by atoms with Crippen molar-refractivity contribution in [3.63, 3.8) is 0 Å². The van der Waals surface area contributed by atoms with Crippen molar-refractivity contribution >= 4 is 17.3 Å². The average Bonchev–Trinajstić information content (AvgIpc) is 2.70. The summed E-state index contributed by atoms with van der Waals surface area (Å²) in [5.74, 6) is 1.02. The van der Waals surface area contributed by atoms with Gasteiger partial charge in [0.1, 0.15) is 0 Å². The summed E-state index contributed by atoms with van der Waals surface area (Å²) >= 11 is 0. The highest BCUT2D eigenvalue weighted by molar-refractivity contribution is 5.93. The second kappa shape index (κ2) is 9.46. The van der Waals surface area contributed by atoms with Gasteiger partial charge in [-0.25, -0.2) is 0 Å². The Morgan fingerprint density at radius 2 is 1.71 bits per heavy atom. The van der Waals surface area contributed by atoms with E-state index in [0.717, 1.165) is 37.4 Å². The van der Waals surface area contributed by atoms with Crippen LogP contribution in [0, 0.1) is 6.92 Å². The highest BCUT2D eigenvalue weighted by Crippen LogP contribution is 2.27.